The van der Waals surface area contributed by atoms with Crippen molar-refractivity contribution in [1.29, 1.82) is 0 Å². The molecule has 0 saturated heterocycles. The van der Waals surface area contributed by atoms with Crippen molar-refractivity contribution in [3.8, 4) is 0 Å². The summed E-state index contributed by atoms with van der Waals surface area (Å²) in [6.45, 7) is 5.22. The molecule has 0 aliphatic heterocycles. The molecule has 0 aromatic rings. The molecule has 2 N–H and O–H groups in total. The van der Waals surface area contributed by atoms with Crippen LogP contribution in [0.25, 0.3) is 0 Å². The third-order valence-electron chi connectivity index (χ3n) is 8.18. The topological polar surface area (TPSA) is 40.5 Å². The Hall–Kier alpha value is -1.12. The molecule has 3 rings (SSSR count). The Morgan fingerprint density at radius 2 is 1.93 bits per heavy atom. The second-order valence-corrected chi connectivity index (χ2v) is 10.2. The van der Waals surface area contributed by atoms with Gasteiger partial charge in [-0.15, -0.1) is 0 Å². The van der Waals surface area contributed by atoms with Gasteiger partial charge in [-0.3, -0.25) is 0 Å². The molecule has 2 heteroatoms. The van der Waals surface area contributed by atoms with Gasteiger partial charge in [0.05, 0.1) is 12.2 Å². The summed E-state index contributed by atoms with van der Waals surface area (Å²) in [4.78, 5) is 0. The molecular formula is C28H44O2. The normalized spacial score (nSPS) is 43.6. The fraction of sp³-hybridized carbons (Fsp3) is 0.714. The number of fused-ring (bicyclic) bond motifs is 1. The first-order chi connectivity index (χ1) is 16.6. The molecule has 3 aliphatic rings. The summed E-state index contributed by atoms with van der Waals surface area (Å²) in [5.74, 6) is -0.818. The van der Waals surface area contributed by atoms with Gasteiger partial charge in [-0.2, -0.15) is 0 Å². The lowest BCUT2D eigenvalue weighted by Crippen LogP contribution is -2.35. The molecular weight excluding hydrogens is 368 g/mol. The van der Waals surface area contributed by atoms with Gasteiger partial charge < -0.3 is 10.2 Å². The average Bonchev–Trinajstić information content (AvgIpc) is 3.09. The highest BCUT2D eigenvalue weighted by Crippen LogP contribution is 2.59. The molecule has 0 bridgehead atoms. The lowest BCUT2D eigenvalue weighted by Gasteiger charge is -2.44. The van der Waals surface area contributed by atoms with Gasteiger partial charge in [0.25, 0.3) is 0 Å². The number of aliphatic hydroxyl groups excluding tert-OH is 2. The van der Waals surface area contributed by atoms with Crippen LogP contribution in [0, 0.1) is 35.0 Å². The quantitative estimate of drug-likeness (QED) is 0.493. The molecule has 0 aromatic heterocycles. The summed E-state index contributed by atoms with van der Waals surface area (Å²) >= 11 is 0. The predicted octanol–water partition coefficient (Wildman–Crippen LogP) is 6.61. The lowest BCUT2D eigenvalue weighted by molar-refractivity contribution is 0.0862. The molecule has 0 aromatic carbocycles. The molecule has 3 fully saturated rings. The highest BCUT2D eigenvalue weighted by molar-refractivity contribution is 5.38. The first-order valence-electron chi connectivity index (χ1n) is 14.7. The van der Waals surface area contributed by atoms with E-state index in [0.29, 0.717) is 30.3 Å². The summed E-state index contributed by atoms with van der Waals surface area (Å²) in [5.41, 5.74) is 3.20. The molecule has 3 aliphatic carbocycles. The first kappa shape index (κ1) is 16.5. The highest BCUT2D eigenvalue weighted by atomic mass is 16.3. The molecule has 2 nitrogen and oxygen atoms in total. The van der Waals surface area contributed by atoms with E-state index in [4.69, 9.17) is 8.22 Å². The maximum absolute atomic E-state index is 10.2. The van der Waals surface area contributed by atoms with Crippen molar-refractivity contribution < 1.29 is 18.4 Å². The van der Waals surface area contributed by atoms with Gasteiger partial charge in [0.2, 0.25) is 0 Å². The van der Waals surface area contributed by atoms with Crippen LogP contribution < -0.4 is 0 Å². The average molecular weight is 419 g/mol. The smallest absolute Gasteiger partial charge is 0.0811 e. The summed E-state index contributed by atoms with van der Waals surface area (Å²) in [7, 11) is 0. The monoisotopic (exact) mass is 418 g/mol. The van der Waals surface area contributed by atoms with Crippen LogP contribution in [-0.4, -0.2) is 22.4 Å². The molecule has 0 unspecified atom stereocenters. The van der Waals surface area contributed by atoms with Crippen molar-refractivity contribution in [2.45, 2.75) is 91.6 Å². The van der Waals surface area contributed by atoms with Crippen molar-refractivity contribution in [3.05, 3.63) is 47.6 Å². The molecule has 168 valence electrons. The zero-order valence-corrected chi connectivity index (χ0v) is 18.9. The van der Waals surface area contributed by atoms with Crippen molar-refractivity contribution in [2.75, 3.05) is 0 Å². The van der Waals surface area contributed by atoms with Crippen LogP contribution in [0.4, 0.5) is 0 Å². The predicted molar refractivity (Wildman–Crippen MR) is 127 cm³/mol. The molecule has 0 heterocycles. The molecule has 7 atom stereocenters. The minimum Gasteiger partial charge on any atom is -0.393 e. The van der Waals surface area contributed by atoms with Crippen molar-refractivity contribution in [1.82, 2.24) is 0 Å². The van der Waals surface area contributed by atoms with E-state index < -0.39 is 37.7 Å². The van der Waals surface area contributed by atoms with Crippen LogP contribution in [0.1, 0.15) is 87.6 Å². The standard InChI is InChI=1S/C28H44O2/c1-18(2)19(3)9-10-20(4)25-13-14-26-22(8-7-15-28(25,26)6)11-12-23-16-24(29)17-27(30)21(23)5/h9-12,18-20,24-27,29-30H,5,7-8,13-17H2,1-4,6H3/b10-9+,22-11+,23-12-/t19-,20+,24-,25+,26-,27-,28+/m0/s1/i1D3,2D3. The van der Waals surface area contributed by atoms with Gasteiger partial charge in [-0.25, -0.2) is 0 Å². The maximum Gasteiger partial charge on any atom is 0.0811 e. The Bertz CT molecular complexity index is 885. The Morgan fingerprint density at radius 3 is 2.67 bits per heavy atom. The van der Waals surface area contributed by atoms with Crippen LogP contribution in [0.3, 0.4) is 0 Å². The van der Waals surface area contributed by atoms with E-state index in [0.717, 1.165) is 37.7 Å². The second-order valence-electron chi connectivity index (χ2n) is 10.2. The largest absolute Gasteiger partial charge is 0.393 e. The van der Waals surface area contributed by atoms with E-state index in [1.807, 2.05) is 6.08 Å². The Kier molecular flexibility index (Phi) is 5.26. The van der Waals surface area contributed by atoms with Gasteiger partial charge in [0.15, 0.2) is 0 Å². The van der Waals surface area contributed by atoms with Gasteiger partial charge in [0.1, 0.15) is 0 Å². The summed E-state index contributed by atoms with van der Waals surface area (Å²) in [6, 6.07) is 0. The van der Waals surface area contributed by atoms with E-state index in [1.165, 1.54) is 5.57 Å². The third-order valence-corrected chi connectivity index (χ3v) is 8.18. The molecule has 0 amide bonds. The van der Waals surface area contributed by atoms with Crippen LogP contribution >= 0.6 is 0 Å². The van der Waals surface area contributed by atoms with E-state index in [-0.39, 0.29) is 11.3 Å². The summed E-state index contributed by atoms with van der Waals surface area (Å²) < 4.78 is 46.5. The molecule has 0 radical (unpaired) electrons. The van der Waals surface area contributed by atoms with Crippen molar-refractivity contribution >= 4 is 0 Å². The fourth-order valence-corrected chi connectivity index (χ4v) is 6.20. The third kappa shape index (κ3) is 4.86. The molecule has 0 spiro atoms. The lowest BCUT2D eigenvalue weighted by atomic mass is 9.61. The highest BCUT2D eigenvalue weighted by Gasteiger charge is 2.50. The Labute approximate surface area is 193 Å². The van der Waals surface area contributed by atoms with Crippen LogP contribution in [0.5, 0.6) is 0 Å². The number of allylic oxidation sites excluding steroid dienone is 5. The number of aliphatic hydroxyl groups is 2. The van der Waals surface area contributed by atoms with Crippen LogP contribution in [0.2, 0.25) is 0 Å². The van der Waals surface area contributed by atoms with Gasteiger partial charge in [-0.05, 0) is 84.7 Å². The zero-order valence-electron chi connectivity index (χ0n) is 24.9. The van der Waals surface area contributed by atoms with Crippen molar-refractivity contribution in [2.24, 2.45) is 35.0 Å². The van der Waals surface area contributed by atoms with Gasteiger partial charge in [-0.1, -0.05) is 70.9 Å². The minimum absolute atomic E-state index is 0.131. The zero-order chi connectivity index (χ0) is 27.1. The van der Waals surface area contributed by atoms with Crippen LogP contribution in [0.15, 0.2) is 47.6 Å². The van der Waals surface area contributed by atoms with Gasteiger partial charge in [0, 0.05) is 14.6 Å². The van der Waals surface area contributed by atoms with Crippen LogP contribution in [-0.2, 0) is 0 Å². The maximum atomic E-state index is 10.2. The summed E-state index contributed by atoms with van der Waals surface area (Å²) in [6.07, 6.45) is 13.3. The molecule has 3 saturated carbocycles. The fourth-order valence-electron chi connectivity index (χ4n) is 6.20. The number of hydrogen-bond donors (Lipinski definition) is 2. The van der Waals surface area contributed by atoms with E-state index in [9.17, 15) is 10.2 Å². The minimum atomic E-state index is -2.53. The summed E-state index contributed by atoms with van der Waals surface area (Å²) in [5, 5.41) is 20.2. The Morgan fingerprint density at radius 1 is 1.17 bits per heavy atom. The van der Waals surface area contributed by atoms with E-state index >= 15 is 0 Å². The Balaban J connectivity index is 1.76. The van der Waals surface area contributed by atoms with Crippen molar-refractivity contribution in [3.63, 3.8) is 0 Å². The second kappa shape index (κ2) is 9.57. The van der Waals surface area contributed by atoms with Gasteiger partial charge >= 0.3 is 0 Å². The first-order valence-corrected chi connectivity index (χ1v) is 11.7. The van der Waals surface area contributed by atoms with E-state index in [1.54, 1.807) is 6.92 Å². The van der Waals surface area contributed by atoms with E-state index in [2.05, 4.69) is 38.7 Å². The molecule has 30 heavy (non-hydrogen) atoms. The SMILES string of the molecule is [2H]C([2H])([2H])C([C@@H](C)/C=C/[C@@H](C)[C@H]1CC[C@H]2/C(=C/C=C3/C[C@H](O)C[C@H](O)C3=C)CCC[C@]12C)C([2H])([2H])[2H]. The number of hydrogen-bond acceptors (Lipinski definition) is 2. The number of rotatable bonds is 5.